The Morgan fingerprint density at radius 3 is 2.50 bits per heavy atom. The zero-order valence-electron chi connectivity index (χ0n) is 17.8. The van der Waals surface area contributed by atoms with E-state index in [0.29, 0.717) is 21.9 Å². The monoisotopic (exact) mass is 497 g/mol. The molecule has 0 spiro atoms. The highest BCUT2D eigenvalue weighted by molar-refractivity contribution is 8.18. The molecule has 1 heterocycles. The van der Waals surface area contributed by atoms with Crippen LogP contribution in [0.2, 0.25) is 5.02 Å². The molecule has 3 aromatic rings. The number of ether oxygens (including phenoxy) is 2. The maximum atomic E-state index is 14.0. The maximum Gasteiger partial charge on any atom is 0.343 e. The summed E-state index contributed by atoms with van der Waals surface area (Å²) in [6.07, 6.45) is 1.51. The lowest BCUT2D eigenvalue weighted by Gasteiger charge is -2.13. The van der Waals surface area contributed by atoms with E-state index < -0.39 is 22.9 Å². The summed E-state index contributed by atoms with van der Waals surface area (Å²) < 4.78 is 24.7. The Balaban J connectivity index is 1.56. The van der Waals surface area contributed by atoms with E-state index in [0.717, 1.165) is 16.7 Å². The molecule has 172 valence electrons. The highest BCUT2D eigenvalue weighted by Gasteiger charge is 2.35. The van der Waals surface area contributed by atoms with Crippen molar-refractivity contribution >= 4 is 46.6 Å². The Kier molecular flexibility index (Phi) is 7.00. The lowest BCUT2D eigenvalue weighted by molar-refractivity contribution is -0.123. The number of thioether (sulfide) groups is 1. The summed E-state index contributed by atoms with van der Waals surface area (Å²) in [6.45, 7) is -0.165. The fraction of sp³-hybridized carbons (Fsp3) is 0.0800. The molecule has 1 aliphatic heterocycles. The van der Waals surface area contributed by atoms with Gasteiger partial charge >= 0.3 is 5.97 Å². The fourth-order valence-corrected chi connectivity index (χ4v) is 4.16. The Morgan fingerprint density at radius 2 is 1.79 bits per heavy atom. The third-order valence-electron chi connectivity index (χ3n) is 4.93. The zero-order chi connectivity index (χ0) is 24.2. The Morgan fingerprint density at radius 1 is 1.06 bits per heavy atom. The minimum absolute atomic E-state index is 0.141. The first-order chi connectivity index (χ1) is 16.4. The molecule has 0 radical (unpaired) electrons. The van der Waals surface area contributed by atoms with E-state index in [9.17, 15) is 18.8 Å². The van der Waals surface area contributed by atoms with E-state index in [1.54, 1.807) is 30.3 Å². The largest absolute Gasteiger partial charge is 0.493 e. The van der Waals surface area contributed by atoms with Crippen molar-refractivity contribution < 1.29 is 28.2 Å². The number of esters is 1. The van der Waals surface area contributed by atoms with Gasteiger partial charge in [-0.1, -0.05) is 35.9 Å². The summed E-state index contributed by atoms with van der Waals surface area (Å²) in [6, 6.07) is 16.9. The number of halogens is 2. The van der Waals surface area contributed by atoms with Crippen LogP contribution < -0.4 is 9.47 Å². The molecule has 3 aromatic carbocycles. The highest BCUT2D eigenvalue weighted by atomic mass is 35.5. The van der Waals surface area contributed by atoms with Gasteiger partial charge in [0.1, 0.15) is 5.82 Å². The van der Waals surface area contributed by atoms with Crippen LogP contribution in [0.15, 0.2) is 71.6 Å². The molecule has 0 bridgehead atoms. The molecule has 0 saturated carbocycles. The lowest BCUT2D eigenvalue weighted by Crippen LogP contribution is -2.27. The molecule has 0 N–H and O–H groups in total. The Hall–Kier alpha value is -3.62. The normalized spacial score (nSPS) is 14.6. The van der Waals surface area contributed by atoms with Crippen molar-refractivity contribution in [3.05, 3.63) is 99.2 Å². The molecular formula is C25H17ClFNO5S. The number of hydrogen-bond acceptors (Lipinski definition) is 6. The fourth-order valence-electron chi connectivity index (χ4n) is 3.19. The number of benzene rings is 3. The standard InChI is InChI=1S/C25H17ClFNO5S/c1-32-20-11-6-15(12-21(20)33-24(30)16-7-9-18(26)10-8-16)13-22-23(29)28(25(31)34-22)14-17-4-2-3-5-19(17)27/h2-13H,14H2,1H3/b22-13-. The molecule has 1 fully saturated rings. The van der Waals surface area contributed by atoms with E-state index in [2.05, 4.69) is 0 Å². The van der Waals surface area contributed by atoms with Crippen molar-refractivity contribution in [2.75, 3.05) is 7.11 Å². The second kappa shape index (κ2) is 10.1. The summed E-state index contributed by atoms with van der Waals surface area (Å²) in [5, 5.41) is -0.0116. The average molecular weight is 498 g/mol. The number of carbonyl (C=O) groups excluding carboxylic acids is 3. The number of carbonyl (C=O) groups is 3. The number of nitrogens with zero attached hydrogens (tertiary/aromatic N) is 1. The molecule has 0 unspecified atom stereocenters. The summed E-state index contributed by atoms with van der Waals surface area (Å²) >= 11 is 6.61. The molecule has 0 atom stereocenters. The van der Waals surface area contributed by atoms with E-state index >= 15 is 0 Å². The van der Waals surface area contributed by atoms with Gasteiger partial charge in [0.25, 0.3) is 11.1 Å². The molecule has 0 aliphatic carbocycles. The van der Waals surface area contributed by atoms with Gasteiger partial charge in [-0.2, -0.15) is 0 Å². The van der Waals surface area contributed by atoms with Crippen LogP contribution in [0.5, 0.6) is 11.5 Å². The van der Waals surface area contributed by atoms with Crippen molar-refractivity contribution in [1.82, 2.24) is 4.90 Å². The van der Waals surface area contributed by atoms with Gasteiger partial charge in [-0.3, -0.25) is 14.5 Å². The van der Waals surface area contributed by atoms with Gasteiger partial charge < -0.3 is 9.47 Å². The number of methoxy groups -OCH3 is 1. The molecule has 1 aliphatic rings. The lowest BCUT2D eigenvalue weighted by atomic mass is 10.1. The summed E-state index contributed by atoms with van der Waals surface area (Å²) in [5.74, 6) is -1.19. The van der Waals surface area contributed by atoms with Gasteiger partial charge in [-0.15, -0.1) is 0 Å². The third kappa shape index (κ3) is 5.13. The zero-order valence-corrected chi connectivity index (χ0v) is 19.4. The maximum absolute atomic E-state index is 14.0. The predicted octanol–water partition coefficient (Wildman–Crippen LogP) is 5.94. The van der Waals surface area contributed by atoms with Crippen LogP contribution in [-0.4, -0.2) is 29.1 Å². The topological polar surface area (TPSA) is 72.9 Å². The molecule has 1 saturated heterocycles. The van der Waals surface area contributed by atoms with Crippen molar-refractivity contribution in [3.8, 4) is 11.5 Å². The van der Waals surface area contributed by atoms with Crippen LogP contribution >= 0.6 is 23.4 Å². The van der Waals surface area contributed by atoms with Crippen molar-refractivity contribution in [1.29, 1.82) is 0 Å². The first-order valence-electron chi connectivity index (χ1n) is 10.0. The van der Waals surface area contributed by atoms with Gasteiger partial charge in [0.2, 0.25) is 0 Å². The van der Waals surface area contributed by atoms with Crippen LogP contribution in [0, 0.1) is 5.82 Å². The molecule has 2 amide bonds. The SMILES string of the molecule is COc1ccc(/C=C2\SC(=O)N(Cc3ccccc3F)C2=O)cc1OC(=O)c1ccc(Cl)cc1. The van der Waals surface area contributed by atoms with E-state index in [-0.39, 0.29) is 22.8 Å². The first kappa shape index (κ1) is 23.5. The molecule has 6 nitrogen and oxygen atoms in total. The third-order valence-corrected chi connectivity index (χ3v) is 6.09. The minimum atomic E-state index is -0.614. The van der Waals surface area contributed by atoms with Crippen molar-refractivity contribution in [2.24, 2.45) is 0 Å². The molecular weight excluding hydrogens is 481 g/mol. The van der Waals surface area contributed by atoms with Crippen LogP contribution in [0.4, 0.5) is 9.18 Å². The van der Waals surface area contributed by atoms with Gasteiger partial charge in [0.15, 0.2) is 11.5 Å². The second-order valence-electron chi connectivity index (χ2n) is 7.17. The smallest absolute Gasteiger partial charge is 0.343 e. The van der Waals surface area contributed by atoms with Gasteiger partial charge in [-0.25, -0.2) is 9.18 Å². The van der Waals surface area contributed by atoms with Crippen molar-refractivity contribution in [3.63, 3.8) is 0 Å². The van der Waals surface area contributed by atoms with Crippen LogP contribution in [0.3, 0.4) is 0 Å². The first-order valence-corrected chi connectivity index (χ1v) is 11.2. The van der Waals surface area contributed by atoms with E-state index in [1.165, 1.54) is 49.6 Å². The van der Waals surface area contributed by atoms with Gasteiger partial charge in [0, 0.05) is 10.6 Å². The summed E-state index contributed by atoms with van der Waals surface area (Å²) in [5.41, 5.74) is 1.05. The number of rotatable bonds is 6. The van der Waals surface area contributed by atoms with Crippen LogP contribution in [0.25, 0.3) is 6.08 Å². The minimum Gasteiger partial charge on any atom is -0.493 e. The highest BCUT2D eigenvalue weighted by Crippen LogP contribution is 2.35. The summed E-state index contributed by atoms with van der Waals surface area (Å²) in [4.78, 5) is 38.9. The van der Waals surface area contributed by atoms with Gasteiger partial charge in [0.05, 0.1) is 24.1 Å². The van der Waals surface area contributed by atoms with E-state index in [4.69, 9.17) is 21.1 Å². The Bertz CT molecular complexity index is 1310. The Labute approximate surface area is 203 Å². The molecule has 9 heteroatoms. The second-order valence-corrected chi connectivity index (χ2v) is 8.60. The quantitative estimate of drug-likeness (QED) is 0.238. The number of hydrogen-bond donors (Lipinski definition) is 0. The van der Waals surface area contributed by atoms with Crippen molar-refractivity contribution in [2.45, 2.75) is 6.54 Å². The molecule has 4 rings (SSSR count). The van der Waals surface area contributed by atoms with Crippen LogP contribution in [0.1, 0.15) is 21.5 Å². The summed E-state index contributed by atoms with van der Waals surface area (Å²) in [7, 11) is 1.43. The van der Waals surface area contributed by atoms with Gasteiger partial charge in [-0.05, 0) is 65.9 Å². The average Bonchev–Trinajstić information content (AvgIpc) is 3.08. The predicted molar refractivity (Wildman–Crippen MR) is 127 cm³/mol. The van der Waals surface area contributed by atoms with E-state index in [1.807, 2.05) is 0 Å². The number of amides is 2. The van der Waals surface area contributed by atoms with Crippen LogP contribution in [-0.2, 0) is 11.3 Å². The molecule has 34 heavy (non-hydrogen) atoms. The molecule has 0 aromatic heterocycles. The number of imide groups is 1.